The molecule has 0 bridgehead atoms. The predicted molar refractivity (Wildman–Crippen MR) is 137 cm³/mol. The highest BCUT2D eigenvalue weighted by Crippen LogP contribution is 2.43. The van der Waals surface area contributed by atoms with Crippen LogP contribution in [0, 0.1) is 13.8 Å². The molecule has 0 atom stereocenters. The summed E-state index contributed by atoms with van der Waals surface area (Å²) >= 11 is 0. The number of phenols is 2. The van der Waals surface area contributed by atoms with Crippen molar-refractivity contribution < 1.29 is 10.2 Å². The topological polar surface area (TPSA) is 40.5 Å². The highest BCUT2D eigenvalue weighted by Gasteiger charge is 2.22. The number of fused-ring (bicyclic) bond motifs is 1. The van der Waals surface area contributed by atoms with Crippen LogP contribution < -0.4 is 0 Å². The van der Waals surface area contributed by atoms with E-state index in [4.69, 9.17) is 0 Å². The average molecular weight is 437 g/mol. The van der Waals surface area contributed by atoms with E-state index in [1.807, 2.05) is 19.9 Å². The van der Waals surface area contributed by atoms with Gasteiger partial charge in [0.15, 0.2) is 0 Å². The number of benzene rings is 4. The van der Waals surface area contributed by atoms with Crippen molar-refractivity contribution in [2.75, 3.05) is 0 Å². The first-order valence-corrected chi connectivity index (χ1v) is 12.1. The van der Waals surface area contributed by atoms with Crippen LogP contribution in [0.3, 0.4) is 0 Å². The summed E-state index contributed by atoms with van der Waals surface area (Å²) in [5, 5.41) is 23.6. The first-order valence-electron chi connectivity index (χ1n) is 12.1. The summed E-state index contributed by atoms with van der Waals surface area (Å²) in [5.41, 5.74) is 7.69. The lowest BCUT2D eigenvalue weighted by Gasteiger charge is -2.25. The molecule has 1 aliphatic rings. The van der Waals surface area contributed by atoms with E-state index in [9.17, 15) is 10.2 Å². The van der Waals surface area contributed by atoms with Crippen LogP contribution in [0.2, 0.25) is 0 Å². The number of aromatic hydroxyl groups is 2. The molecule has 5 rings (SSSR count). The molecule has 4 aromatic carbocycles. The third kappa shape index (κ3) is 4.23. The zero-order valence-corrected chi connectivity index (χ0v) is 19.6. The van der Waals surface area contributed by atoms with Crippen molar-refractivity contribution >= 4 is 10.8 Å². The van der Waals surface area contributed by atoms with Gasteiger partial charge in [-0.15, -0.1) is 0 Å². The van der Waals surface area contributed by atoms with Crippen LogP contribution in [-0.4, -0.2) is 10.2 Å². The molecule has 0 aromatic heterocycles. The SMILES string of the molecule is Cc1cc(Cc2cc(C3CCCCC3)c(O)c3ccc(-c4ccccc4)cc23)cc(C)c1O. The second-order valence-electron chi connectivity index (χ2n) is 9.69. The molecule has 2 N–H and O–H groups in total. The normalized spacial score (nSPS) is 14.6. The van der Waals surface area contributed by atoms with Gasteiger partial charge in [-0.2, -0.15) is 0 Å². The largest absolute Gasteiger partial charge is 0.507 e. The minimum atomic E-state index is 0.378. The Morgan fingerprint density at radius 3 is 2.09 bits per heavy atom. The van der Waals surface area contributed by atoms with Crippen molar-refractivity contribution in [3.63, 3.8) is 0 Å². The Bertz CT molecular complexity index is 1270. The number of aryl methyl sites for hydroxylation is 2. The fraction of sp³-hybridized carbons (Fsp3) is 0.290. The fourth-order valence-electron chi connectivity index (χ4n) is 5.55. The van der Waals surface area contributed by atoms with Crippen LogP contribution >= 0.6 is 0 Å². The van der Waals surface area contributed by atoms with E-state index in [2.05, 4.69) is 60.7 Å². The standard InChI is InChI=1S/C31H32O2/c1-20-15-22(16-21(2)30(20)32)17-26-19-29(24-11-7-4-8-12-24)31(33)27-14-13-25(18-28(26)27)23-9-5-3-6-10-23/h3,5-6,9-10,13-16,18-19,24,32-33H,4,7-8,11-12,17H2,1-2H3. The van der Waals surface area contributed by atoms with Crippen LogP contribution in [0.5, 0.6) is 11.5 Å². The predicted octanol–water partition coefficient (Wildman–Crippen LogP) is 8.17. The molecule has 2 heteroatoms. The van der Waals surface area contributed by atoms with Gasteiger partial charge in [0.25, 0.3) is 0 Å². The van der Waals surface area contributed by atoms with Gasteiger partial charge in [-0.3, -0.25) is 0 Å². The van der Waals surface area contributed by atoms with E-state index >= 15 is 0 Å². The molecule has 0 unspecified atom stereocenters. The summed E-state index contributed by atoms with van der Waals surface area (Å²) < 4.78 is 0. The quantitative estimate of drug-likeness (QED) is 0.339. The fourth-order valence-corrected chi connectivity index (χ4v) is 5.55. The van der Waals surface area contributed by atoms with E-state index in [1.54, 1.807) is 0 Å². The molecule has 0 aliphatic heterocycles. The molecular weight excluding hydrogens is 404 g/mol. The second-order valence-corrected chi connectivity index (χ2v) is 9.69. The summed E-state index contributed by atoms with van der Waals surface area (Å²) in [6, 6.07) is 23.3. The molecule has 0 saturated heterocycles. The van der Waals surface area contributed by atoms with Gasteiger partial charge in [0, 0.05) is 5.39 Å². The Hall–Kier alpha value is -3.26. The average Bonchev–Trinajstić information content (AvgIpc) is 2.85. The Kier molecular flexibility index (Phi) is 5.85. The lowest BCUT2D eigenvalue weighted by atomic mass is 9.81. The van der Waals surface area contributed by atoms with Crippen LogP contribution in [0.25, 0.3) is 21.9 Å². The highest BCUT2D eigenvalue weighted by atomic mass is 16.3. The van der Waals surface area contributed by atoms with Crippen molar-refractivity contribution in [3.05, 3.63) is 94.5 Å². The van der Waals surface area contributed by atoms with Gasteiger partial charge >= 0.3 is 0 Å². The maximum absolute atomic E-state index is 11.3. The molecule has 33 heavy (non-hydrogen) atoms. The lowest BCUT2D eigenvalue weighted by Crippen LogP contribution is -2.06. The molecule has 2 nitrogen and oxygen atoms in total. The van der Waals surface area contributed by atoms with Gasteiger partial charge < -0.3 is 10.2 Å². The maximum Gasteiger partial charge on any atom is 0.126 e. The lowest BCUT2D eigenvalue weighted by molar-refractivity contribution is 0.417. The number of rotatable bonds is 4. The van der Waals surface area contributed by atoms with Crippen molar-refractivity contribution in [2.24, 2.45) is 0 Å². The Labute approximate surface area is 196 Å². The molecule has 1 saturated carbocycles. The molecule has 1 aliphatic carbocycles. The maximum atomic E-state index is 11.3. The van der Waals surface area contributed by atoms with Crippen LogP contribution in [0.1, 0.15) is 65.8 Å². The molecule has 0 amide bonds. The van der Waals surface area contributed by atoms with Gasteiger partial charge in [0.1, 0.15) is 11.5 Å². The summed E-state index contributed by atoms with van der Waals surface area (Å²) in [5.74, 6) is 1.26. The van der Waals surface area contributed by atoms with E-state index < -0.39 is 0 Å². The Morgan fingerprint density at radius 2 is 1.39 bits per heavy atom. The molecular formula is C31H32O2. The molecule has 0 spiro atoms. The molecule has 4 aromatic rings. The van der Waals surface area contributed by atoms with E-state index in [-0.39, 0.29) is 0 Å². The second kappa shape index (κ2) is 8.94. The number of phenolic OH excluding ortho intramolecular Hbond substituents is 2. The van der Waals surface area contributed by atoms with Crippen LogP contribution in [0.15, 0.2) is 66.7 Å². The van der Waals surface area contributed by atoms with Crippen LogP contribution in [0.4, 0.5) is 0 Å². The van der Waals surface area contributed by atoms with Crippen molar-refractivity contribution in [1.29, 1.82) is 0 Å². The van der Waals surface area contributed by atoms with Crippen molar-refractivity contribution in [1.82, 2.24) is 0 Å². The Morgan fingerprint density at radius 1 is 0.697 bits per heavy atom. The van der Waals surface area contributed by atoms with Gasteiger partial charge in [0.05, 0.1) is 0 Å². The summed E-state index contributed by atoms with van der Waals surface area (Å²) in [6.45, 7) is 3.92. The molecule has 0 radical (unpaired) electrons. The zero-order chi connectivity index (χ0) is 22.9. The van der Waals surface area contributed by atoms with Crippen LogP contribution in [-0.2, 0) is 6.42 Å². The minimum absolute atomic E-state index is 0.378. The van der Waals surface area contributed by atoms with Gasteiger partial charge in [0.2, 0.25) is 0 Å². The summed E-state index contributed by atoms with van der Waals surface area (Å²) in [6.07, 6.45) is 6.85. The van der Waals surface area contributed by atoms with E-state index in [0.29, 0.717) is 17.4 Å². The monoisotopic (exact) mass is 436 g/mol. The molecule has 1 fully saturated rings. The summed E-state index contributed by atoms with van der Waals surface area (Å²) in [7, 11) is 0. The third-order valence-electron chi connectivity index (χ3n) is 7.32. The van der Waals surface area contributed by atoms with Crippen molar-refractivity contribution in [3.8, 4) is 22.6 Å². The van der Waals surface area contributed by atoms with E-state index in [0.717, 1.165) is 52.3 Å². The first kappa shape index (κ1) is 21.6. The highest BCUT2D eigenvalue weighted by molar-refractivity contribution is 5.95. The first-order chi connectivity index (χ1) is 16.0. The Balaban J connectivity index is 1.68. The third-order valence-corrected chi connectivity index (χ3v) is 7.32. The van der Waals surface area contributed by atoms with Gasteiger partial charge in [-0.25, -0.2) is 0 Å². The van der Waals surface area contributed by atoms with Crippen molar-refractivity contribution in [2.45, 2.75) is 58.3 Å². The number of hydrogen-bond donors (Lipinski definition) is 2. The molecule has 0 heterocycles. The zero-order valence-electron chi connectivity index (χ0n) is 19.6. The van der Waals surface area contributed by atoms with Gasteiger partial charge in [-0.05, 0) is 89.4 Å². The molecule has 168 valence electrons. The minimum Gasteiger partial charge on any atom is -0.507 e. The van der Waals surface area contributed by atoms with Gasteiger partial charge in [-0.1, -0.05) is 79.9 Å². The van der Waals surface area contributed by atoms with E-state index in [1.165, 1.54) is 36.0 Å². The number of hydrogen-bond acceptors (Lipinski definition) is 2. The smallest absolute Gasteiger partial charge is 0.126 e. The summed E-state index contributed by atoms with van der Waals surface area (Å²) in [4.78, 5) is 0.